The monoisotopic (exact) mass is 319 g/mol. The molecule has 2 nitrogen and oxygen atoms in total. The van der Waals surface area contributed by atoms with Crippen LogP contribution in [0.2, 0.25) is 0 Å². The zero-order valence-electron chi connectivity index (χ0n) is 10.0. The van der Waals surface area contributed by atoms with Crippen molar-refractivity contribution in [3.63, 3.8) is 0 Å². The molecule has 1 aliphatic rings. The van der Waals surface area contributed by atoms with Gasteiger partial charge in [0.05, 0.1) is 6.67 Å². The third-order valence-corrected chi connectivity index (χ3v) is 3.52. The van der Waals surface area contributed by atoms with E-state index < -0.39 is 0 Å². The van der Waals surface area contributed by atoms with Gasteiger partial charge in [-0.25, -0.2) is 4.39 Å². The van der Waals surface area contributed by atoms with E-state index in [1.807, 2.05) is 0 Å². The predicted molar refractivity (Wildman–Crippen MR) is 70.2 cm³/mol. The van der Waals surface area contributed by atoms with Crippen LogP contribution in [-0.4, -0.2) is 37.3 Å². The van der Waals surface area contributed by atoms with E-state index >= 15 is 0 Å². The Morgan fingerprint density at radius 3 is 3.00 bits per heavy atom. The average molecular weight is 320 g/mol. The molecular weight excluding hydrogens is 304 g/mol. The first-order chi connectivity index (χ1) is 8.69. The maximum atomic E-state index is 13.6. The molecular formula is C13H16BrF2NO. The molecule has 1 aromatic rings. The Labute approximate surface area is 114 Å². The van der Waals surface area contributed by atoms with Crippen molar-refractivity contribution in [3.05, 3.63) is 28.5 Å². The smallest absolute Gasteiger partial charge is 0.166 e. The van der Waals surface area contributed by atoms with E-state index in [0.29, 0.717) is 10.9 Å². The van der Waals surface area contributed by atoms with Gasteiger partial charge in [0.2, 0.25) is 0 Å². The molecule has 0 aliphatic carbocycles. The first kappa shape index (κ1) is 13.7. The lowest BCUT2D eigenvalue weighted by Crippen LogP contribution is -2.26. The van der Waals surface area contributed by atoms with Gasteiger partial charge in [-0.15, -0.1) is 0 Å². The van der Waals surface area contributed by atoms with Gasteiger partial charge in [0.15, 0.2) is 11.6 Å². The summed E-state index contributed by atoms with van der Waals surface area (Å²) in [6, 6.07) is 4.78. The zero-order chi connectivity index (χ0) is 13.0. The van der Waals surface area contributed by atoms with Crippen LogP contribution in [0, 0.1) is 5.82 Å². The van der Waals surface area contributed by atoms with E-state index in [1.165, 1.54) is 6.07 Å². The molecule has 1 atom stereocenters. The van der Waals surface area contributed by atoms with E-state index in [1.54, 1.807) is 12.1 Å². The molecule has 0 amide bonds. The van der Waals surface area contributed by atoms with Gasteiger partial charge in [-0.05, 0) is 31.0 Å². The Bertz CT molecular complexity index is 403. The molecule has 0 spiro atoms. The number of nitrogens with zero attached hydrogens (tertiary/aromatic N) is 1. The maximum Gasteiger partial charge on any atom is 0.166 e. The molecule has 0 N–H and O–H groups in total. The van der Waals surface area contributed by atoms with Crippen molar-refractivity contribution in [3.8, 4) is 5.75 Å². The van der Waals surface area contributed by atoms with Gasteiger partial charge >= 0.3 is 0 Å². The molecule has 1 fully saturated rings. The van der Waals surface area contributed by atoms with E-state index in [4.69, 9.17) is 4.74 Å². The fourth-order valence-corrected chi connectivity index (χ4v) is 2.46. The van der Waals surface area contributed by atoms with E-state index in [2.05, 4.69) is 20.8 Å². The lowest BCUT2D eigenvalue weighted by Gasteiger charge is -2.16. The minimum absolute atomic E-state index is 0.000265. The molecule has 0 bridgehead atoms. The van der Waals surface area contributed by atoms with Crippen molar-refractivity contribution < 1.29 is 13.5 Å². The number of hydrogen-bond acceptors (Lipinski definition) is 2. The fourth-order valence-electron chi connectivity index (χ4n) is 2.13. The number of alkyl halides is 1. The Morgan fingerprint density at radius 2 is 2.28 bits per heavy atom. The SMILES string of the molecule is FCCCN1CCC(Oc2ccc(Br)cc2F)C1. The Balaban J connectivity index is 1.87. The zero-order valence-corrected chi connectivity index (χ0v) is 11.6. The van der Waals surface area contributed by atoms with Crippen LogP contribution >= 0.6 is 15.9 Å². The summed E-state index contributed by atoms with van der Waals surface area (Å²) in [5.41, 5.74) is 0. The summed E-state index contributed by atoms with van der Waals surface area (Å²) in [4.78, 5) is 2.15. The summed E-state index contributed by atoms with van der Waals surface area (Å²) >= 11 is 3.21. The Hall–Kier alpha value is -0.680. The quantitative estimate of drug-likeness (QED) is 0.824. The van der Waals surface area contributed by atoms with Crippen molar-refractivity contribution in [2.75, 3.05) is 26.3 Å². The number of hydrogen-bond donors (Lipinski definition) is 0. The number of benzene rings is 1. The molecule has 0 aromatic heterocycles. The highest BCUT2D eigenvalue weighted by Gasteiger charge is 2.24. The number of likely N-dealkylation sites (tertiary alicyclic amines) is 1. The van der Waals surface area contributed by atoms with Crippen molar-refractivity contribution in [1.29, 1.82) is 0 Å². The summed E-state index contributed by atoms with van der Waals surface area (Å²) in [5.74, 6) is -0.0675. The summed E-state index contributed by atoms with van der Waals surface area (Å²) in [7, 11) is 0. The van der Waals surface area contributed by atoms with E-state index in [9.17, 15) is 8.78 Å². The van der Waals surface area contributed by atoms with Crippen LogP contribution in [0.4, 0.5) is 8.78 Å². The van der Waals surface area contributed by atoms with Crippen LogP contribution in [0.1, 0.15) is 12.8 Å². The second-order valence-electron chi connectivity index (χ2n) is 4.45. The highest BCUT2D eigenvalue weighted by molar-refractivity contribution is 9.10. The summed E-state index contributed by atoms with van der Waals surface area (Å²) in [5, 5.41) is 0. The van der Waals surface area contributed by atoms with Crippen molar-refractivity contribution in [2.45, 2.75) is 18.9 Å². The largest absolute Gasteiger partial charge is 0.486 e. The van der Waals surface area contributed by atoms with Crippen molar-refractivity contribution in [2.24, 2.45) is 0 Å². The second-order valence-corrected chi connectivity index (χ2v) is 5.36. The molecule has 1 unspecified atom stereocenters. The molecule has 0 radical (unpaired) electrons. The van der Waals surface area contributed by atoms with Crippen molar-refractivity contribution in [1.82, 2.24) is 4.90 Å². The van der Waals surface area contributed by atoms with Gasteiger partial charge in [0, 0.05) is 24.1 Å². The van der Waals surface area contributed by atoms with Crippen LogP contribution in [-0.2, 0) is 0 Å². The van der Waals surface area contributed by atoms with Gasteiger partial charge in [-0.1, -0.05) is 15.9 Å². The molecule has 1 aliphatic heterocycles. The molecule has 2 rings (SSSR count). The highest BCUT2D eigenvalue weighted by atomic mass is 79.9. The van der Waals surface area contributed by atoms with Gasteiger partial charge in [0.25, 0.3) is 0 Å². The molecule has 18 heavy (non-hydrogen) atoms. The van der Waals surface area contributed by atoms with Crippen LogP contribution in [0.5, 0.6) is 5.75 Å². The number of ether oxygens (including phenoxy) is 1. The number of rotatable bonds is 5. The molecule has 100 valence electrons. The lowest BCUT2D eigenvalue weighted by atomic mass is 10.3. The highest BCUT2D eigenvalue weighted by Crippen LogP contribution is 2.24. The predicted octanol–water partition coefficient (Wildman–Crippen LogP) is 3.40. The molecule has 1 saturated heterocycles. The normalized spacial score (nSPS) is 20.3. The summed E-state index contributed by atoms with van der Waals surface area (Å²) in [6.45, 7) is 2.10. The van der Waals surface area contributed by atoms with E-state index in [-0.39, 0.29) is 24.3 Å². The molecule has 1 aromatic carbocycles. The second kappa shape index (κ2) is 6.48. The third kappa shape index (κ3) is 3.65. The first-order valence-corrected chi connectivity index (χ1v) is 6.88. The first-order valence-electron chi connectivity index (χ1n) is 6.09. The fraction of sp³-hybridized carbons (Fsp3) is 0.538. The molecule has 0 saturated carbocycles. The summed E-state index contributed by atoms with van der Waals surface area (Å²) in [6.07, 6.45) is 1.42. The minimum Gasteiger partial charge on any atom is -0.486 e. The van der Waals surface area contributed by atoms with Crippen LogP contribution in [0.25, 0.3) is 0 Å². The third-order valence-electron chi connectivity index (χ3n) is 3.02. The van der Waals surface area contributed by atoms with Crippen LogP contribution in [0.15, 0.2) is 22.7 Å². The molecule has 1 heterocycles. The minimum atomic E-state index is -0.355. The Morgan fingerprint density at radius 1 is 1.44 bits per heavy atom. The topological polar surface area (TPSA) is 12.5 Å². The van der Waals surface area contributed by atoms with Crippen molar-refractivity contribution >= 4 is 15.9 Å². The Kier molecular flexibility index (Phi) is 4.95. The van der Waals surface area contributed by atoms with E-state index in [0.717, 1.165) is 26.1 Å². The molecule has 5 heteroatoms. The lowest BCUT2D eigenvalue weighted by molar-refractivity contribution is 0.191. The van der Waals surface area contributed by atoms with Crippen LogP contribution < -0.4 is 4.74 Å². The average Bonchev–Trinajstić information content (AvgIpc) is 2.78. The summed E-state index contributed by atoms with van der Waals surface area (Å²) < 4.78 is 32.0. The standard InChI is InChI=1S/C13H16BrF2NO/c14-10-2-3-13(12(16)8-10)18-11-4-7-17(9-11)6-1-5-15/h2-3,8,11H,1,4-7,9H2. The van der Waals surface area contributed by atoms with Gasteiger partial charge in [-0.2, -0.15) is 0 Å². The van der Waals surface area contributed by atoms with Gasteiger partial charge in [-0.3, -0.25) is 9.29 Å². The van der Waals surface area contributed by atoms with Crippen LogP contribution in [0.3, 0.4) is 0 Å². The number of halogens is 3. The van der Waals surface area contributed by atoms with Gasteiger partial charge < -0.3 is 4.74 Å². The maximum absolute atomic E-state index is 13.6. The van der Waals surface area contributed by atoms with Gasteiger partial charge in [0.1, 0.15) is 6.10 Å².